The van der Waals surface area contributed by atoms with Crippen LogP contribution in [0.3, 0.4) is 0 Å². The van der Waals surface area contributed by atoms with Gasteiger partial charge < -0.3 is 23.2 Å². The minimum atomic E-state index is -4.83. The first kappa shape index (κ1) is 22.8. The molecule has 1 aromatic carbocycles. The molecule has 0 bridgehead atoms. The van der Waals surface area contributed by atoms with Gasteiger partial charge in [0.15, 0.2) is 0 Å². The van der Waals surface area contributed by atoms with Crippen LogP contribution in [0, 0.1) is 6.92 Å². The van der Waals surface area contributed by atoms with E-state index in [0.717, 1.165) is 5.69 Å². The van der Waals surface area contributed by atoms with Gasteiger partial charge in [-0.2, -0.15) is 0 Å². The van der Waals surface area contributed by atoms with Crippen LogP contribution in [0.25, 0.3) is 16.7 Å². The maximum atomic E-state index is 13.5. The molecule has 1 aliphatic rings. The summed E-state index contributed by atoms with van der Waals surface area (Å²) in [6, 6.07) is 6.08. The SMILES string of the molecule is Cc1cn(-c2ccc3n(c2=O)CC(C)N(C(C)c2coc4ccc(OC(F)(F)F)cc24)C3=O)cn1. The first-order valence-electron chi connectivity index (χ1n) is 10.9. The highest BCUT2D eigenvalue weighted by atomic mass is 19.4. The number of furan rings is 1. The summed E-state index contributed by atoms with van der Waals surface area (Å²) in [4.78, 5) is 32.4. The van der Waals surface area contributed by atoms with Crippen LogP contribution in [0.15, 0.2) is 58.3 Å². The molecule has 0 spiro atoms. The Morgan fingerprint density at radius 3 is 2.66 bits per heavy atom. The number of fused-ring (bicyclic) bond motifs is 2. The fourth-order valence-corrected chi connectivity index (χ4v) is 4.62. The zero-order valence-corrected chi connectivity index (χ0v) is 19.0. The fraction of sp³-hybridized carbons (Fsp3) is 0.292. The summed E-state index contributed by atoms with van der Waals surface area (Å²) in [7, 11) is 0. The van der Waals surface area contributed by atoms with Gasteiger partial charge in [-0.25, -0.2) is 4.98 Å². The second-order valence-electron chi connectivity index (χ2n) is 8.58. The third kappa shape index (κ3) is 3.96. The van der Waals surface area contributed by atoms with E-state index in [1.54, 1.807) is 41.0 Å². The van der Waals surface area contributed by atoms with E-state index in [1.165, 1.54) is 29.0 Å². The van der Waals surface area contributed by atoms with Gasteiger partial charge in [0.25, 0.3) is 11.5 Å². The average Bonchev–Trinajstić information content (AvgIpc) is 3.39. The molecule has 3 aromatic heterocycles. The number of benzene rings is 1. The van der Waals surface area contributed by atoms with Gasteiger partial charge in [0.05, 0.1) is 24.3 Å². The minimum absolute atomic E-state index is 0.231. The number of hydrogen-bond acceptors (Lipinski definition) is 5. The summed E-state index contributed by atoms with van der Waals surface area (Å²) in [5.41, 5.74) is 1.97. The Hall–Kier alpha value is -4.02. The first-order chi connectivity index (χ1) is 16.5. The van der Waals surface area contributed by atoms with Gasteiger partial charge >= 0.3 is 6.36 Å². The second-order valence-corrected chi connectivity index (χ2v) is 8.58. The third-order valence-electron chi connectivity index (χ3n) is 6.20. The number of amides is 1. The molecule has 2 atom stereocenters. The molecule has 11 heteroatoms. The molecule has 182 valence electrons. The monoisotopic (exact) mass is 486 g/mol. The van der Waals surface area contributed by atoms with Gasteiger partial charge in [0, 0.05) is 29.7 Å². The number of pyridine rings is 1. The van der Waals surface area contributed by atoms with Crippen molar-refractivity contribution in [1.82, 2.24) is 19.0 Å². The molecule has 4 heterocycles. The number of carbonyl (C=O) groups excluding carboxylic acids is 1. The van der Waals surface area contributed by atoms with Crippen LogP contribution in [0.2, 0.25) is 0 Å². The van der Waals surface area contributed by atoms with Gasteiger partial charge in [-0.15, -0.1) is 13.2 Å². The zero-order chi connectivity index (χ0) is 25.1. The topological polar surface area (TPSA) is 82.5 Å². The molecule has 0 saturated heterocycles. The highest BCUT2D eigenvalue weighted by molar-refractivity contribution is 5.94. The Morgan fingerprint density at radius 1 is 1.20 bits per heavy atom. The van der Waals surface area contributed by atoms with Crippen molar-refractivity contribution in [2.24, 2.45) is 0 Å². The molecule has 0 saturated carbocycles. The van der Waals surface area contributed by atoms with Crippen molar-refractivity contribution < 1.29 is 27.1 Å². The standard InChI is InChI=1S/C24H21F3N4O4/c1-13-9-29(12-28-13)19-5-6-20-23(33)31(14(2)10-30(20)22(19)32)15(3)18-11-34-21-7-4-16(8-17(18)21)35-24(25,26)27/h4-9,11-12,14-15H,10H2,1-3H3. The molecular weight excluding hydrogens is 465 g/mol. The summed E-state index contributed by atoms with van der Waals surface area (Å²) >= 11 is 0. The van der Waals surface area contributed by atoms with E-state index >= 15 is 0 Å². The molecule has 8 nitrogen and oxygen atoms in total. The van der Waals surface area contributed by atoms with Crippen LogP contribution >= 0.6 is 0 Å². The smallest absolute Gasteiger partial charge is 0.464 e. The summed E-state index contributed by atoms with van der Waals surface area (Å²) in [5.74, 6) is -0.740. The van der Waals surface area contributed by atoms with Gasteiger partial charge in [0.1, 0.15) is 22.7 Å². The lowest BCUT2D eigenvalue weighted by Gasteiger charge is -2.39. The highest BCUT2D eigenvalue weighted by Crippen LogP contribution is 2.36. The van der Waals surface area contributed by atoms with Crippen molar-refractivity contribution in [3.8, 4) is 11.4 Å². The molecule has 0 N–H and O–H groups in total. The van der Waals surface area contributed by atoms with Crippen molar-refractivity contribution in [2.75, 3.05) is 0 Å². The molecule has 4 aromatic rings. The molecule has 0 fully saturated rings. The van der Waals surface area contributed by atoms with E-state index < -0.39 is 12.4 Å². The number of ether oxygens (including phenoxy) is 1. The normalized spacial score (nSPS) is 17.0. The van der Waals surface area contributed by atoms with Gasteiger partial charge in [-0.3, -0.25) is 9.59 Å². The summed E-state index contributed by atoms with van der Waals surface area (Å²) in [5, 5.41) is 0.410. The van der Waals surface area contributed by atoms with Crippen molar-refractivity contribution in [3.05, 3.63) is 76.4 Å². The van der Waals surface area contributed by atoms with E-state index in [9.17, 15) is 22.8 Å². The quantitative estimate of drug-likeness (QED) is 0.421. The van der Waals surface area contributed by atoms with Gasteiger partial charge in [-0.1, -0.05) is 0 Å². The number of imidazole rings is 1. The van der Waals surface area contributed by atoms with E-state index in [-0.39, 0.29) is 35.5 Å². The zero-order valence-electron chi connectivity index (χ0n) is 19.0. The number of hydrogen-bond donors (Lipinski definition) is 0. The Balaban J connectivity index is 1.51. The number of aromatic nitrogens is 3. The van der Waals surface area contributed by atoms with Crippen LogP contribution in [0.1, 0.15) is 41.6 Å². The number of carbonyl (C=O) groups is 1. The van der Waals surface area contributed by atoms with Gasteiger partial charge in [0.2, 0.25) is 0 Å². The van der Waals surface area contributed by atoms with E-state index in [2.05, 4.69) is 9.72 Å². The van der Waals surface area contributed by atoms with Crippen LogP contribution in [-0.2, 0) is 6.54 Å². The molecule has 2 unspecified atom stereocenters. The number of nitrogens with zero attached hydrogens (tertiary/aromatic N) is 4. The predicted octanol–water partition coefficient (Wildman–Crippen LogP) is 4.59. The first-order valence-corrected chi connectivity index (χ1v) is 10.9. The maximum absolute atomic E-state index is 13.5. The van der Waals surface area contributed by atoms with Gasteiger partial charge in [-0.05, 0) is 51.1 Å². The van der Waals surface area contributed by atoms with Crippen molar-refractivity contribution in [3.63, 3.8) is 0 Å². The average molecular weight is 486 g/mol. The molecular formula is C24H21F3N4O4. The lowest BCUT2D eigenvalue weighted by atomic mass is 10.0. The van der Waals surface area contributed by atoms with E-state index in [0.29, 0.717) is 22.2 Å². The molecule has 0 radical (unpaired) electrons. The predicted molar refractivity (Wildman–Crippen MR) is 120 cm³/mol. The fourth-order valence-electron chi connectivity index (χ4n) is 4.62. The van der Waals surface area contributed by atoms with Crippen LogP contribution in [0.4, 0.5) is 13.2 Å². The Labute approximate surface area is 197 Å². The molecule has 1 amide bonds. The lowest BCUT2D eigenvalue weighted by molar-refractivity contribution is -0.274. The number of rotatable bonds is 4. The third-order valence-corrected chi connectivity index (χ3v) is 6.20. The molecule has 35 heavy (non-hydrogen) atoms. The maximum Gasteiger partial charge on any atom is 0.573 e. The van der Waals surface area contributed by atoms with Crippen LogP contribution in [0.5, 0.6) is 5.75 Å². The number of halogens is 3. The Morgan fingerprint density at radius 2 is 1.97 bits per heavy atom. The van der Waals surface area contributed by atoms with E-state index in [4.69, 9.17) is 4.42 Å². The Bertz CT molecular complexity index is 1500. The van der Waals surface area contributed by atoms with Crippen molar-refractivity contribution in [1.29, 1.82) is 0 Å². The van der Waals surface area contributed by atoms with Crippen molar-refractivity contribution >= 4 is 16.9 Å². The van der Waals surface area contributed by atoms with Crippen molar-refractivity contribution in [2.45, 2.75) is 45.8 Å². The van der Waals surface area contributed by atoms with E-state index in [1.807, 2.05) is 13.8 Å². The lowest BCUT2D eigenvalue weighted by Crippen LogP contribution is -2.50. The summed E-state index contributed by atoms with van der Waals surface area (Å²) in [6.45, 7) is 5.66. The highest BCUT2D eigenvalue weighted by Gasteiger charge is 2.36. The molecule has 5 rings (SSSR count). The summed E-state index contributed by atoms with van der Waals surface area (Å²) < 4.78 is 50.7. The minimum Gasteiger partial charge on any atom is -0.464 e. The van der Waals surface area contributed by atoms with Crippen LogP contribution in [-0.4, -0.2) is 37.3 Å². The van der Waals surface area contributed by atoms with Crippen LogP contribution < -0.4 is 10.3 Å². The summed E-state index contributed by atoms with van der Waals surface area (Å²) in [6.07, 6.45) is -0.125. The molecule has 0 aliphatic carbocycles. The number of aryl methyl sites for hydroxylation is 1. The Kier molecular flexibility index (Phi) is 5.22. The molecule has 1 aliphatic heterocycles. The number of alkyl halides is 3. The second kappa shape index (κ2) is 8.03. The largest absolute Gasteiger partial charge is 0.573 e.